The van der Waals surface area contributed by atoms with Crippen LogP contribution in [-0.4, -0.2) is 132 Å². The fourth-order valence-electron chi connectivity index (χ4n) is 11.2. The first kappa shape index (κ1) is 45.2. The van der Waals surface area contributed by atoms with Gasteiger partial charge in [-0.15, -0.1) is 11.3 Å². The molecule has 3 aliphatic carbocycles. The number of fused-ring (bicyclic) bond motifs is 8. The molecular formula is C43H66N2O12S2. The van der Waals surface area contributed by atoms with E-state index in [1.807, 2.05) is 34.6 Å². The van der Waals surface area contributed by atoms with Crippen LogP contribution >= 0.6 is 11.3 Å². The highest BCUT2D eigenvalue weighted by molar-refractivity contribution is 7.88. The Morgan fingerprint density at radius 3 is 2.31 bits per heavy atom. The molecule has 1 aromatic heterocycles. The van der Waals surface area contributed by atoms with E-state index in [2.05, 4.69) is 6.08 Å². The summed E-state index contributed by atoms with van der Waals surface area (Å²) in [5, 5.41) is 0.964. The van der Waals surface area contributed by atoms with Gasteiger partial charge in [0, 0.05) is 63.3 Å². The number of aromatic nitrogens is 1. The van der Waals surface area contributed by atoms with Crippen LogP contribution in [0.4, 0.5) is 0 Å². The second-order valence-electron chi connectivity index (χ2n) is 17.8. The summed E-state index contributed by atoms with van der Waals surface area (Å²) in [5.41, 5.74) is 1.66. The molecule has 3 unspecified atom stereocenters. The van der Waals surface area contributed by atoms with E-state index < -0.39 is 46.6 Å². The van der Waals surface area contributed by atoms with Gasteiger partial charge >= 0.3 is 5.97 Å². The van der Waals surface area contributed by atoms with E-state index in [9.17, 15) is 13.2 Å². The van der Waals surface area contributed by atoms with Crippen molar-refractivity contribution in [1.82, 2.24) is 9.29 Å². The molecule has 6 aliphatic rings. The molecule has 0 radical (unpaired) electrons. The number of ether oxygens (including phenoxy) is 8. The first-order chi connectivity index (χ1) is 28.1. The maximum atomic E-state index is 15.0. The first-order valence-electron chi connectivity index (χ1n) is 21.6. The number of cyclic esters (lactones) is 1. The Balaban J connectivity index is 1.16. The zero-order valence-corrected chi connectivity index (χ0v) is 38.0. The Morgan fingerprint density at radius 1 is 0.915 bits per heavy atom. The highest BCUT2D eigenvalue weighted by Gasteiger charge is 2.57. The van der Waals surface area contributed by atoms with Gasteiger partial charge in [0.25, 0.3) is 0 Å². The quantitative estimate of drug-likeness (QED) is 0.266. The molecule has 0 amide bonds. The Kier molecular flexibility index (Phi) is 14.1. The zero-order chi connectivity index (χ0) is 42.5. The normalized spacial score (nSPS) is 41.9. The number of methoxy groups -OCH3 is 3. The summed E-state index contributed by atoms with van der Waals surface area (Å²) in [6.07, 6.45) is 4.81. The summed E-state index contributed by atoms with van der Waals surface area (Å²) < 4.78 is 75.9. The smallest absolute Gasteiger partial charge is 0.306 e. The fraction of sp³-hybridized carbons (Fsp3) is 0.837. The van der Waals surface area contributed by atoms with Gasteiger partial charge in [-0.1, -0.05) is 19.9 Å². The lowest BCUT2D eigenvalue weighted by atomic mass is 9.67. The molecule has 1 saturated carbocycles. The number of ketones is 1. The number of sulfonamides is 1. The molecule has 3 saturated heterocycles. The minimum absolute atomic E-state index is 0.0185. The van der Waals surface area contributed by atoms with Crippen molar-refractivity contribution in [2.45, 2.75) is 172 Å². The van der Waals surface area contributed by atoms with Crippen molar-refractivity contribution >= 4 is 33.1 Å². The lowest BCUT2D eigenvalue weighted by molar-refractivity contribution is -0.314. The number of allylic oxidation sites excluding steroid dienone is 2. The van der Waals surface area contributed by atoms with Crippen LogP contribution in [0.2, 0.25) is 0 Å². The third-order valence-electron chi connectivity index (χ3n) is 14.3. The highest BCUT2D eigenvalue weighted by atomic mass is 32.2. The number of nitrogens with zero attached hydrogens (tertiary/aromatic N) is 2. The number of esters is 1. The standard InChI is InChI=1S/C43H66N2O12S2/c1-11-25-13-12-14-33(57-35-16-15-32(22(3)53-35)45(6)59(10,48)49)21(2)38(47)30-19-28-27-17-26(56-43-41(52-9)40(51-8)39(50-7)23(4)54-43)18-31(27)42-37(44-24(5)58-42)36(28)29(30)20-34(46)55-25/h19,21-23,25-29,31-33,35-36,39-41,43H,11-18,20H2,1-10H3/t21-,22?,23?,25+,26+,27+,28+,29-,31-,32+,33+,35+,36-,39+,40?,41+,43+/m1/s1. The number of aryl methyl sites for hydroxylation is 1. The number of hydrogen-bond acceptors (Lipinski definition) is 14. The van der Waals surface area contributed by atoms with E-state index in [4.69, 9.17) is 42.9 Å². The number of Topliss-reactive ketones (excluding diaryl/α,β-unsaturated/α-hetero) is 1. The molecule has 1 aromatic rings. The van der Waals surface area contributed by atoms with E-state index in [0.29, 0.717) is 44.1 Å². The Morgan fingerprint density at radius 2 is 1.64 bits per heavy atom. The summed E-state index contributed by atoms with van der Waals surface area (Å²) in [6.45, 7) is 9.84. The van der Waals surface area contributed by atoms with Crippen LogP contribution in [0.15, 0.2) is 11.6 Å². The average Bonchev–Trinajstić information content (AvgIpc) is 3.90. The SMILES string of the molecule is CC[C@H]1CCC[C@H](O[C@H]2CC[C@H](N(C)S(C)(=O)=O)C(C)O2)[C@@H](C)C(=O)C2=C[C@H]3[C@@H]4C[C@H](O[C@@H]5OC(C)[C@H](OC)C(OC)[C@@H]5OC)C[C@H]4c4sc(C)nc4[C@H]3[C@@H]2CC(=O)O1. The predicted octanol–water partition coefficient (Wildman–Crippen LogP) is 5.66. The molecule has 17 atom stereocenters. The van der Waals surface area contributed by atoms with E-state index in [1.54, 1.807) is 39.7 Å². The van der Waals surface area contributed by atoms with Crippen molar-refractivity contribution in [2.24, 2.45) is 23.7 Å². The molecule has 7 rings (SSSR count). The third-order valence-corrected chi connectivity index (χ3v) is 16.8. The van der Waals surface area contributed by atoms with Crippen LogP contribution in [0.1, 0.15) is 113 Å². The summed E-state index contributed by atoms with van der Waals surface area (Å²) in [7, 11) is 3.12. The maximum Gasteiger partial charge on any atom is 0.306 e. The van der Waals surface area contributed by atoms with E-state index in [1.165, 1.54) is 15.4 Å². The van der Waals surface area contributed by atoms with Crippen molar-refractivity contribution in [3.05, 3.63) is 27.2 Å². The second kappa shape index (κ2) is 18.5. The van der Waals surface area contributed by atoms with Gasteiger partial charge in [0.2, 0.25) is 10.0 Å². The summed E-state index contributed by atoms with van der Waals surface area (Å²) in [6, 6.07) is -0.304. The van der Waals surface area contributed by atoms with Gasteiger partial charge in [-0.3, -0.25) is 9.59 Å². The molecule has 0 N–H and O–H groups in total. The van der Waals surface area contributed by atoms with Crippen LogP contribution in [0.25, 0.3) is 0 Å². The number of carbonyl (C=O) groups excluding carboxylic acids is 2. The molecule has 332 valence electrons. The van der Waals surface area contributed by atoms with Crippen LogP contribution in [0.3, 0.4) is 0 Å². The van der Waals surface area contributed by atoms with Crippen molar-refractivity contribution in [3.8, 4) is 0 Å². The highest BCUT2D eigenvalue weighted by Crippen LogP contribution is 2.62. The van der Waals surface area contributed by atoms with Gasteiger partial charge in [0.15, 0.2) is 18.4 Å². The minimum atomic E-state index is -3.40. The minimum Gasteiger partial charge on any atom is -0.462 e. The van der Waals surface area contributed by atoms with Crippen molar-refractivity contribution in [2.75, 3.05) is 34.6 Å². The Bertz CT molecular complexity index is 1810. The molecule has 4 fully saturated rings. The maximum absolute atomic E-state index is 15.0. The largest absolute Gasteiger partial charge is 0.462 e. The second-order valence-corrected chi connectivity index (χ2v) is 21.1. The number of hydrogen-bond donors (Lipinski definition) is 0. The topological polar surface area (TPSA) is 158 Å². The lowest BCUT2D eigenvalue weighted by Gasteiger charge is -2.44. The third kappa shape index (κ3) is 9.01. The van der Waals surface area contributed by atoms with Gasteiger partial charge < -0.3 is 37.9 Å². The molecule has 0 aromatic carbocycles. The molecule has 4 heterocycles. The van der Waals surface area contributed by atoms with E-state index in [-0.39, 0.29) is 84.5 Å². The lowest BCUT2D eigenvalue weighted by Crippen LogP contribution is -2.59. The molecule has 16 heteroatoms. The molecule has 14 nitrogen and oxygen atoms in total. The van der Waals surface area contributed by atoms with Gasteiger partial charge in [-0.25, -0.2) is 13.4 Å². The van der Waals surface area contributed by atoms with Crippen molar-refractivity contribution in [3.63, 3.8) is 0 Å². The van der Waals surface area contributed by atoms with Crippen LogP contribution < -0.4 is 0 Å². The van der Waals surface area contributed by atoms with Gasteiger partial charge in [-0.2, -0.15) is 4.31 Å². The van der Waals surface area contributed by atoms with Crippen LogP contribution in [-0.2, 0) is 57.5 Å². The van der Waals surface area contributed by atoms with E-state index >= 15 is 4.79 Å². The monoisotopic (exact) mass is 866 g/mol. The van der Waals surface area contributed by atoms with Gasteiger partial charge in [-0.05, 0) is 83.1 Å². The summed E-state index contributed by atoms with van der Waals surface area (Å²) in [5.74, 6) is -1.06. The van der Waals surface area contributed by atoms with Crippen molar-refractivity contribution in [1.29, 1.82) is 0 Å². The van der Waals surface area contributed by atoms with Crippen LogP contribution in [0.5, 0.6) is 0 Å². The number of rotatable bonds is 10. The average molecular weight is 867 g/mol. The molecule has 3 aliphatic heterocycles. The number of carbonyl (C=O) groups is 2. The van der Waals surface area contributed by atoms with Crippen LogP contribution in [0, 0.1) is 30.6 Å². The molecular weight excluding hydrogens is 801 g/mol. The Hall–Kier alpha value is -1.86. The Labute approximate surface area is 354 Å². The molecule has 0 spiro atoms. The zero-order valence-electron chi connectivity index (χ0n) is 36.4. The fourth-order valence-corrected chi connectivity index (χ4v) is 13.2. The van der Waals surface area contributed by atoms with Crippen molar-refractivity contribution < 1.29 is 55.9 Å². The molecule has 59 heavy (non-hydrogen) atoms. The summed E-state index contributed by atoms with van der Waals surface area (Å²) >= 11 is 1.71. The first-order valence-corrected chi connectivity index (χ1v) is 24.3. The van der Waals surface area contributed by atoms with E-state index in [0.717, 1.165) is 23.5 Å². The molecule has 0 bridgehead atoms. The van der Waals surface area contributed by atoms with Gasteiger partial charge in [0.05, 0.1) is 53.8 Å². The van der Waals surface area contributed by atoms with Gasteiger partial charge in [0.1, 0.15) is 24.4 Å². The predicted molar refractivity (Wildman–Crippen MR) is 219 cm³/mol. The number of likely N-dealkylation sites (N-methyl/N-ethyl adjacent to an activating group) is 1. The number of thiazole rings is 1. The summed E-state index contributed by atoms with van der Waals surface area (Å²) in [4.78, 5) is 35.2.